The van der Waals surface area contributed by atoms with Crippen molar-refractivity contribution in [2.75, 3.05) is 26.2 Å². The highest BCUT2D eigenvalue weighted by atomic mass is 16.6. The fourth-order valence-electron chi connectivity index (χ4n) is 6.95. The SMILES string of the molecule is CCCCCN1CC=C[C@]23O[C@@H]4/C=C\CCC(=O)NC[C@@H](c5ccccc5)OC(=O)[C@@H]4[C@H]2C(=O)N([C@@H](CC)CO)[C@@H]3C1=O. The van der Waals surface area contributed by atoms with Crippen molar-refractivity contribution in [3.63, 3.8) is 0 Å². The second-order valence-corrected chi connectivity index (χ2v) is 11.8. The first-order valence-corrected chi connectivity index (χ1v) is 15.6. The van der Waals surface area contributed by atoms with E-state index in [0.717, 1.165) is 19.3 Å². The highest BCUT2D eigenvalue weighted by molar-refractivity contribution is 5.99. The molecular formula is C33H43N3O7. The van der Waals surface area contributed by atoms with Gasteiger partial charge < -0.3 is 29.7 Å². The van der Waals surface area contributed by atoms with Crippen LogP contribution in [0, 0.1) is 11.8 Å². The first-order valence-electron chi connectivity index (χ1n) is 15.6. The van der Waals surface area contributed by atoms with Gasteiger partial charge in [0.1, 0.15) is 23.7 Å². The lowest BCUT2D eigenvalue weighted by atomic mass is 9.78. The molecule has 0 aromatic heterocycles. The van der Waals surface area contributed by atoms with E-state index in [4.69, 9.17) is 9.47 Å². The average Bonchev–Trinajstić information content (AvgIpc) is 3.40. The molecule has 10 heteroatoms. The number of ether oxygens (including phenoxy) is 2. The van der Waals surface area contributed by atoms with Crippen molar-refractivity contribution in [3.8, 4) is 0 Å². The number of hydrogen-bond donors (Lipinski definition) is 2. The zero-order valence-electron chi connectivity index (χ0n) is 25.0. The molecule has 0 radical (unpaired) electrons. The highest BCUT2D eigenvalue weighted by Crippen LogP contribution is 2.54. The number of likely N-dealkylation sites (tertiary alicyclic amines) is 1. The maximum absolute atomic E-state index is 14.4. The smallest absolute Gasteiger partial charge is 0.313 e. The number of cyclic esters (lactones) is 1. The van der Waals surface area contributed by atoms with Crippen molar-refractivity contribution >= 4 is 23.7 Å². The zero-order chi connectivity index (χ0) is 30.6. The van der Waals surface area contributed by atoms with Gasteiger partial charge in [-0.1, -0.05) is 81.3 Å². The molecule has 0 unspecified atom stereocenters. The number of nitrogens with zero attached hydrogens (tertiary/aromatic N) is 2. The molecule has 2 fully saturated rings. The summed E-state index contributed by atoms with van der Waals surface area (Å²) in [7, 11) is 0. The molecule has 232 valence electrons. The third kappa shape index (κ3) is 5.87. The van der Waals surface area contributed by atoms with Gasteiger partial charge in [0.2, 0.25) is 17.7 Å². The first kappa shape index (κ1) is 30.9. The van der Waals surface area contributed by atoms with Crippen LogP contribution >= 0.6 is 0 Å². The monoisotopic (exact) mass is 593 g/mol. The Balaban J connectivity index is 1.57. The Bertz CT molecular complexity index is 1250. The Labute approximate surface area is 253 Å². The molecule has 5 rings (SSSR count). The predicted molar refractivity (Wildman–Crippen MR) is 158 cm³/mol. The maximum atomic E-state index is 14.4. The van der Waals surface area contributed by atoms with Gasteiger partial charge in [-0.2, -0.15) is 0 Å². The Morgan fingerprint density at radius 3 is 2.58 bits per heavy atom. The van der Waals surface area contributed by atoms with E-state index in [1.807, 2.05) is 43.3 Å². The number of esters is 1. The van der Waals surface area contributed by atoms with Crippen molar-refractivity contribution in [3.05, 3.63) is 60.2 Å². The number of allylic oxidation sites excluding steroid dienone is 1. The van der Waals surface area contributed by atoms with Crippen LogP contribution in [0.3, 0.4) is 0 Å². The van der Waals surface area contributed by atoms with Crippen LogP contribution in [-0.4, -0.2) is 88.6 Å². The summed E-state index contributed by atoms with van der Waals surface area (Å²) in [5, 5.41) is 13.2. The second-order valence-electron chi connectivity index (χ2n) is 11.8. The van der Waals surface area contributed by atoms with Gasteiger partial charge in [0.25, 0.3) is 0 Å². The van der Waals surface area contributed by atoms with Crippen LogP contribution in [-0.2, 0) is 28.7 Å². The lowest BCUT2D eigenvalue weighted by Gasteiger charge is -2.38. The Kier molecular flexibility index (Phi) is 9.66. The molecule has 0 bridgehead atoms. The Morgan fingerprint density at radius 1 is 1.07 bits per heavy atom. The van der Waals surface area contributed by atoms with Gasteiger partial charge >= 0.3 is 5.97 Å². The number of rotatable bonds is 8. The highest BCUT2D eigenvalue weighted by Gasteiger charge is 2.72. The molecule has 3 amide bonds. The van der Waals surface area contributed by atoms with Crippen molar-refractivity contribution < 1.29 is 33.8 Å². The van der Waals surface area contributed by atoms with E-state index in [2.05, 4.69) is 12.2 Å². The number of nitrogens with one attached hydrogen (secondary N) is 1. The normalized spacial score (nSPS) is 32.5. The fourth-order valence-corrected chi connectivity index (χ4v) is 6.95. The number of amides is 3. The Morgan fingerprint density at radius 2 is 1.86 bits per heavy atom. The summed E-state index contributed by atoms with van der Waals surface area (Å²) < 4.78 is 12.8. The number of hydrogen-bond acceptors (Lipinski definition) is 7. The molecule has 10 nitrogen and oxygen atoms in total. The summed E-state index contributed by atoms with van der Waals surface area (Å²) in [5.41, 5.74) is -0.699. The minimum atomic E-state index is -1.41. The van der Waals surface area contributed by atoms with Gasteiger partial charge in [0.15, 0.2) is 0 Å². The maximum Gasteiger partial charge on any atom is 0.313 e. The van der Waals surface area contributed by atoms with Gasteiger partial charge in [-0.05, 0) is 24.8 Å². The molecule has 1 aromatic carbocycles. The van der Waals surface area contributed by atoms with E-state index in [1.54, 1.807) is 23.1 Å². The number of carbonyl (C=O) groups excluding carboxylic acids is 4. The van der Waals surface area contributed by atoms with E-state index in [0.29, 0.717) is 31.5 Å². The van der Waals surface area contributed by atoms with Gasteiger partial charge in [0, 0.05) is 19.5 Å². The molecule has 4 heterocycles. The molecule has 2 N–H and O–H groups in total. The topological polar surface area (TPSA) is 125 Å². The van der Waals surface area contributed by atoms with E-state index in [9.17, 15) is 24.3 Å². The number of aliphatic hydroxyl groups excluding tert-OH is 1. The number of benzene rings is 1. The van der Waals surface area contributed by atoms with Gasteiger partial charge in [-0.15, -0.1) is 0 Å². The number of unbranched alkanes of at least 4 members (excludes halogenated alkanes) is 2. The predicted octanol–water partition coefficient (Wildman–Crippen LogP) is 2.68. The first-order chi connectivity index (χ1) is 20.9. The number of carbonyl (C=O) groups is 4. The largest absolute Gasteiger partial charge is 0.455 e. The number of fused-ring (bicyclic) bond motifs is 2. The number of aliphatic hydroxyl groups is 1. The van der Waals surface area contributed by atoms with Gasteiger partial charge in [-0.3, -0.25) is 19.2 Å². The minimum absolute atomic E-state index is 0.0859. The van der Waals surface area contributed by atoms with Gasteiger partial charge in [0.05, 0.1) is 31.2 Å². The zero-order valence-corrected chi connectivity index (χ0v) is 25.0. The minimum Gasteiger partial charge on any atom is -0.455 e. The van der Waals surface area contributed by atoms with Crippen molar-refractivity contribution in [2.45, 2.75) is 82.3 Å². The standard InChI is InChI=1S/C33H43N3O7/c1-3-5-11-18-35-19-12-17-33-28(30(39)36(23(4-2)21-37)29(33)31(35)40)27-24(43-33)15-9-10-16-26(38)34-20-25(42-32(27)41)22-13-7-6-8-14-22/h6-9,12-15,17,23-25,27-29,37H,3-5,10-11,16,18-21H2,1-2H3,(H,34,38)/b15-9-/t23-,24+,25-,27-,28-,29+,33-/m0/s1. The van der Waals surface area contributed by atoms with E-state index < -0.39 is 53.6 Å². The molecular weight excluding hydrogens is 550 g/mol. The summed E-state index contributed by atoms with van der Waals surface area (Å²) in [4.78, 5) is 58.6. The molecule has 4 aliphatic heterocycles. The van der Waals surface area contributed by atoms with Crippen LogP contribution in [0.15, 0.2) is 54.6 Å². The van der Waals surface area contributed by atoms with Crippen molar-refractivity contribution in [2.24, 2.45) is 11.8 Å². The van der Waals surface area contributed by atoms with Crippen LogP contribution in [0.5, 0.6) is 0 Å². The molecule has 0 saturated carbocycles. The van der Waals surface area contributed by atoms with Crippen LogP contribution in [0.1, 0.15) is 64.0 Å². The molecule has 0 aliphatic carbocycles. The van der Waals surface area contributed by atoms with E-state index in [-0.39, 0.29) is 31.4 Å². The summed E-state index contributed by atoms with van der Waals surface area (Å²) in [5.74, 6) is -3.48. The fraction of sp³-hybridized carbons (Fsp3) is 0.576. The lowest BCUT2D eigenvalue weighted by molar-refractivity contribution is -0.160. The summed E-state index contributed by atoms with van der Waals surface area (Å²) >= 11 is 0. The Hall–Kier alpha value is -3.50. The molecule has 1 aromatic rings. The lowest BCUT2D eigenvalue weighted by Crippen LogP contribution is -2.58. The molecule has 1 spiro atoms. The summed E-state index contributed by atoms with van der Waals surface area (Å²) in [6, 6.07) is 7.53. The molecule has 43 heavy (non-hydrogen) atoms. The quantitative estimate of drug-likeness (QED) is 0.270. The van der Waals surface area contributed by atoms with E-state index in [1.165, 1.54) is 4.90 Å². The summed E-state index contributed by atoms with van der Waals surface area (Å²) in [6.45, 7) is 4.64. The third-order valence-corrected chi connectivity index (χ3v) is 9.17. The van der Waals surface area contributed by atoms with Crippen molar-refractivity contribution in [1.82, 2.24) is 15.1 Å². The van der Waals surface area contributed by atoms with Crippen LogP contribution in [0.4, 0.5) is 0 Å². The van der Waals surface area contributed by atoms with Crippen molar-refractivity contribution in [1.29, 1.82) is 0 Å². The molecule has 4 aliphatic rings. The van der Waals surface area contributed by atoms with Crippen LogP contribution in [0.2, 0.25) is 0 Å². The molecule has 7 atom stereocenters. The second kappa shape index (κ2) is 13.4. The average molecular weight is 594 g/mol. The summed E-state index contributed by atoms with van der Waals surface area (Å²) in [6.07, 6.45) is 9.47. The van der Waals surface area contributed by atoms with Crippen LogP contribution < -0.4 is 5.32 Å². The van der Waals surface area contributed by atoms with E-state index >= 15 is 0 Å². The van der Waals surface area contributed by atoms with Crippen LogP contribution in [0.25, 0.3) is 0 Å². The van der Waals surface area contributed by atoms with Gasteiger partial charge in [-0.25, -0.2) is 0 Å². The third-order valence-electron chi connectivity index (χ3n) is 9.17. The molecule has 2 saturated heterocycles.